The Hall–Kier alpha value is -0.480. The largest absolute Gasteiger partial charge is 0.480 e. The van der Waals surface area contributed by atoms with Crippen LogP contribution in [0.2, 0.25) is 0 Å². The quantitative estimate of drug-likeness (QED) is 0.919. The van der Waals surface area contributed by atoms with E-state index in [1.165, 1.54) is 11.8 Å². The molecule has 14 heavy (non-hydrogen) atoms. The summed E-state index contributed by atoms with van der Waals surface area (Å²) in [4.78, 5) is 12.0. The highest BCUT2D eigenvalue weighted by Crippen LogP contribution is 2.53. The van der Waals surface area contributed by atoms with Crippen molar-refractivity contribution in [3.05, 3.63) is 28.7 Å². The van der Waals surface area contributed by atoms with E-state index in [-0.39, 0.29) is 0 Å². The maximum absolute atomic E-state index is 11.0. The molecule has 2 nitrogen and oxygen atoms in total. The van der Waals surface area contributed by atoms with Gasteiger partial charge in [0.1, 0.15) is 4.75 Å². The Kier molecular flexibility index (Phi) is 2.58. The Labute approximate surface area is 94.8 Å². The van der Waals surface area contributed by atoms with Gasteiger partial charge in [-0.2, -0.15) is 0 Å². The molecule has 4 heteroatoms. The highest BCUT2D eigenvalue weighted by molar-refractivity contribution is 9.10. The summed E-state index contributed by atoms with van der Waals surface area (Å²) in [5, 5.41) is 9.02. The smallest absolute Gasteiger partial charge is 0.320 e. The van der Waals surface area contributed by atoms with Crippen molar-refractivity contribution < 1.29 is 9.90 Å². The minimum Gasteiger partial charge on any atom is -0.480 e. The lowest BCUT2D eigenvalue weighted by Crippen LogP contribution is -2.17. The second-order valence-electron chi connectivity index (χ2n) is 3.33. The summed E-state index contributed by atoms with van der Waals surface area (Å²) in [6.07, 6.45) is 1.54. The first-order valence-corrected chi connectivity index (χ1v) is 5.92. The lowest BCUT2D eigenvalue weighted by molar-refractivity contribution is -0.137. The van der Waals surface area contributed by atoms with Crippen LogP contribution in [0.1, 0.15) is 12.8 Å². The standard InChI is InChI=1S/C10H9BrO2S/c11-7-3-1-2-4-8(7)14-10(5-6-10)9(12)13/h1-4H,5-6H2,(H,12,13). The van der Waals surface area contributed by atoms with E-state index in [9.17, 15) is 4.79 Å². The van der Waals surface area contributed by atoms with Gasteiger partial charge in [-0.05, 0) is 40.9 Å². The lowest BCUT2D eigenvalue weighted by atomic mass is 10.4. The molecule has 1 aromatic rings. The molecule has 2 rings (SSSR count). The van der Waals surface area contributed by atoms with Crippen LogP contribution in [0.4, 0.5) is 0 Å². The summed E-state index contributed by atoms with van der Waals surface area (Å²) in [7, 11) is 0. The molecule has 1 saturated carbocycles. The molecule has 0 spiro atoms. The summed E-state index contributed by atoms with van der Waals surface area (Å²) in [5.41, 5.74) is 0. The van der Waals surface area contributed by atoms with Crippen LogP contribution in [-0.4, -0.2) is 15.8 Å². The molecular formula is C10H9BrO2S. The number of aliphatic carboxylic acids is 1. The van der Waals surface area contributed by atoms with Crippen LogP contribution in [-0.2, 0) is 4.79 Å². The molecule has 1 fully saturated rings. The second kappa shape index (κ2) is 3.59. The third-order valence-electron chi connectivity index (χ3n) is 2.24. The molecular weight excluding hydrogens is 264 g/mol. The monoisotopic (exact) mass is 272 g/mol. The third-order valence-corrected chi connectivity index (χ3v) is 4.74. The van der Waals surface area contributed by atoms with Crippen molar-refractivity contribution in [2.24, 2.45) is 0 Å². The van der Waals surface area contributed by atoms with Gasteiger partial charge in [0, 0.05) is 9.37 Å². The molecule has 0 bridgehead atoms. The number of thioether (sulfide) groups is 1. The minimum absolute atomic E-state index is 0.552. The SMILES string of the molecule is O=C(O)C1(Sc2ccccc2Br)CC1. The number of benzene rings is 1. The number of carboxylic acids is 1. The summed E-state index contributed by atoms with van der Waals surface area (Å²) < 4.78 is 0.418. The van der Waals surface area contributed by atoms with E-state index in [0.29, 0.717) is 0 Å². The Morgan fingerprint density at radius 3 is 2.57 bits per heavy atom. The first-order valence-electron chi connectivity index (χ1n) is 4.31. The van der Waals surface area contributed by atoms with Crippen LogP contribution in [0, 0.1) is 0 Å². The van der Waals surface area contributed by atoms with Crippen molar-refractivity contribution >= 4 is 33.7 Å². The van der Waals surface area contributed by atoms with Crippen molar-refractivity contribution in [1.29, 1.82) is 0 Å². The van der Waals surface area contributed by atoms with Gasteiger partial charge in [-0.15, -0.1) is 11.8 Å². The Bertz CT molecular complexity index is 374. The molecule has 0 atom stereocenters. The Balaban J connectivity index is 2.19. The number of halogens is 1. The van der Waals surface area contributed by atoms with Crippen molar-refractivity contribution in [2.75, 3.05) is 0 Å². The van der Waals surface area contributed by atoms with Gasteiger partial charge in [0.05, 0.1) is 0 Å². The van der Waals surface area contributed by atoms with Crippen molar-refractivity contribution in [1.82, 2.24) is 0 Å². The molecule has 0 unspecified atom stereocenters. The fourth-order valence-corrected chi connectivity index (χ4v) is 2.87. The number of carbonyl (C=O) groups is 1. The van der Waals surface area contributed by atoms with Crippen LogP contribution >= 0.6 is 27.7 Å². The number of hydrogen-bond donors (Lipinski definition) is 1. The highest BCUT2D eigenvalue weighted by Gasteiger charge is 2.51. The van der Waals surface area contributed by atoms with E-state index in [1.807, 2.05) is 24.3 Å². The number of hydrogen-bond acceptors (Lipinski definition) is 2. The third kappa shape index (κ3) is 1.81. The van der Waals surface area contributed by atoms with Gasteiger partial charge in [-0.1, -0.05) is 12.1 Å². The molecule has 0 amide bonds. The molecule has 0 heterocycles. The minimum atomic E-state index is -0.696. The average molecular weight is 273 g/mol. The maximum atomic E-state index is 11.0. The first kappa shape index (κ1) is 10.1. The zero-order valence-electron chi connectivity index (χ0n) is 7.37. The molecule has 1 aromatic carbocycles. The van der Waals surface area contributed by atoms with Gasteiger partial charge in [0.15, 0.2) is 0 Å². The van der Waals surface area contributed by atoms with E-state index in [4.69, 9.17) is 5.11 Å². The van der Waals surface area contributed by atoms with Crippen LogP contribution < -0.4 is 0 Å². The van der Waals surface area contributed by atoms with Crippen LogP contribution in [0.25, 0.3) is 0 Å². The summed E-state index contributed by atoms with van der Waals surface area (Å²) in [6, 6.07) is 7.72. The fraction of sp³-hybridized carbons (Fsp3) is 0.300. The second-order valence-corrected chi connectivity index (χ2v) is 5.61. The fourth-order valence-electron chi connectivity index (χ4n) is 1.21. The predicted molar refractivity (Wildman–Crippen MR) is 59.6 cm³/mol. The van der Waals surface area contributed by atoms with Crippen LogP contribution in [0.15, 0.2) is 33.6 Å². The van der Waals surface area contributed by atoms with Gasteiger partial charge >= 0.3 is 5.97 Å². The van der Waals surface area contributed by atoms with Gasteiger partial charge in [-0.3, -0.25) is 4.79 Å². The molecule has 0 aliphatic heterocycles. The van der Waals surface area contributed by atoms with Crippen molar-refractivity contribution in [2.45, 2.75) is 22.5 Å². The Morgan fingerprint density at radius 2 is 2.07 bits per heavy atom. The zero-order valence-corrected chi connectivity index (χ0v) is 9.77. The molecule has 74 valence electrons. The lowest BCUT2D eigenvalue weighted by Gasteiger charge is -2.10. The van der Waals surface area contributed by atoms with Crippen LogP contribution in [0.5, 0.6) is 0 Å². The topological polar surface area (TPSA) is 37.3 Å². The van der Waals surface area contributed by atoms with E-state index in [0.717, 1.165) is 22.2 Å². The maximum Gasteiger partial charge on any atom is 0.320 e. The molecule has 1 aliphatic rings. The van der Waals surface area contributed by atoms with Crippen molar-refractivity contribution in [3.63, 3.8) is 0 Å². The van der Waals surface area contributed by atoms with Gasteiger partial charge in [0.25, 0.3) is 0 Å². The van der Waals surface area contributed by atoms with E-state index in [1.54, 1.807) is 0 Å². The number of rotatable bonds is 3. The molecule has 0 saturated heterocycles. The normalized spacial score (nSPS) is 17.8. The Morgan fingerprint density at radius 1 is 1.43 bits per heavy atom. The summed E-state index contributed by atoms with van der Waals surface area (Å²) in [6.45, 7) is 0. The molecule has 0 radical (unpaired) electrons. The summed E-state index contributed by atoms with van der Waals surface area (Å²) >= 11 is 4.86. The average Bonchev–Trinajstić information content (AvgIpc) is 2.90. The van der Waals surface area contributed by atoms with Gasteiger partial charge in [-0.25, -0.2) is 0 Å². The predicted octanol–water partition coefficient (Wildman–Crippen LogP) is 3.16. The van der Waals surface area contributed by atoms with E-state index in [2.05, 4.69) is 15.9 Å². The number of carboxylic acid groups (broad SMARTS) is 1. The zero-order chi connectivity index (χ0) is 10.2. The molecule has 0 aromatic heterocycles. The van der Waals surface area contributed by atoms with Gasteiger partial charge < -0.3 is 5.11 Å². The van der Waals surface area contributed by atoms with Gasteiger partial charge in [0.2, 0.25) is 0 Å². The van der Waals surface area contributed by atoms with E-state index >= 15 is 0 Å². The van der Waals surface area contributed by atoms with Crippen LogP contribution in [0.3, 0.4) is 0 Å². The highest BCUT2D eigenvalue weighted by atomic mass is 79.9. The van der Waals surface area contributed by atoms with Crippen molar-refractivity contribution in [3.8, 4) is 0 Å². The van der Waals surface area contributed by atoms with E-state index < -0.39 is 10.7 Å². The molecule has 1 N–H and O–H groups in total. The molecule has 1 aliphatic carbocycles. The first-order chi connectivity index (χ1) is 6.64. The summed E-state index contributed by atoms with van der Waals surface area (Å²) in [5.74, 6) is -0.696.